The van der Waals surface area contributed by atoms with Crippen LogP contribution < -0.4 is 11.2 Å². The number of aromatic nitrogens is 4. The number of unbranched alkanes of at least 4 members (excludes halogenated alkanes) is 1. The van der Waals surface area contributed by atoms with E-state index in [2.05, 4.69) is 5.92 Å². The maximum Gasteiger partial charge on any atom is 0.333 e. The summed E-state index contributed by atoms with van der Waals surface area (Å²) in [5.74, 6) is 3.02. The van der Waals surface area contributed by atoms with Gasteiger partial charge in [0.2, 0.25) is 0 Å². The van der Waals surface area contributed by atoms with Gasteiger partial charge >= 0.3 is 13.3 Å². The molecular formula is C25H27N4O5P. The van der Waals surface area contributed by atoms with Crippen LogP contribution in [0.2, 0.25) is 0 Å². The van der Waals surface area contributed by atoms with Gasteiger partial charge in [0.1, 0.15) is 5.82 Å². The number of hydrogen-bond acceptors (Lipinski definition) is 4. The van der Waals surface area contributed by atoms with E-state index in [1.165, 1.54) is 4.57 Å². The Balaban J connectivity index is 1.85. The number of hydrogen-bond donors (Lipinski definition) is 2. The third kappa shape index (κ3) is 5.01. The highest BCUT2D eigenvalue weighted by atomic mass is 31.2. The van der Waals surface area contributed by atoms with Gasteiger partial charge in [-0.05, 0) is 36.1 Å². The van der Waals surface area contributed by atoms with Crippen LogP contribution in [-0.2, 0) is 30.6 Å². The second kappa shape index (κ2) is 10.0. The summed E-state index contributed by atoms with van der Waals surface area (Å²) in [6.45, 7) is 2.37. The molecule has 0 aliphatic heterocycles. The molecule has 2 heterocycles. The molecule has 4 aromatic rings. The minimum atomic E-state index is -4.13. The van der Waals surface area contributed by atoms with Crippen molar-refractivity contribution in [2.45, 2.75) is 45.8 Å². The number of imidazole rings is 1. The molecule has 10 heteroatoms. The average Bonchev–Trinajstić information content (AvgIpc) is 3.19. The summed E-state index contributed by atoms with van der Waals surface area (Å²) in [6.07, 6.45) is 6.18. The molecule has 2 N–H and O–H groups in total. The van der Waals surface area contributed by atoms with Crippen LogP contribution in [0.15, 0.2) is 52.1 Å². The average molecular weight is 494 g/mol. The van der Waals surface area contributed by atoms with E-state index in [-0.39, 0.29) is 31.3 Å². The highest BCUT2D eigenvalue weighted by molar-refractivity contribution is 7.51. The molecule has 0 fully saturated rings. The van der Waals surface area contributed by atoms with Crippen molar-refractivity contribution in [3.63, 3.8) is 0 Å². The highest BCUT2D eigenvalue weighted by Gasteiger charge is 2.21. The van der Waals surface area contributed by atoms with Crippen molar-refractivity contribution in [3.8, 4) is 12.3 Å². The lowest BCUT2D eigenvalue weighted by Gasteiger charge is -2.11. The number of terminal acetylenes is 1. The van der Waals surface area contributed by atoms with Crippen molar-refractivity contribution in [3.05, 3.63) is 74.7 Å². The number of rotatable bonds is 9. The molecule has 2 aromatic heterocycles. The van der Waals surface area contributed by atoms with Crippen molar-refractivity contribution in [2.24, 2.45) is 0 Å². The van der Waals surface area contributed by atoms with Crippen LogP contribution in [-0.4, -0.2) is 34.6 Å². The van der Waals surface area contributed by atoms with Gasteiger partial charge in [-0.15, -0.1) is 6.42 Å². The van der Waals surface area contributed by atoms with Gasteiger partial charge in [-0.25, -0.2) is 14.3 Å². The first-order chi connectivity index (χ1) is 16.7. The van der Waals surface area contributed by atoms with Gasteiger partial charge in [0.15, 0.2) is 11.2 Å². The highest BCUT2D eigenvalue weighted by Crippen LogP contribution is 2.35. The molecule has 0 unspecified atom stereocenters. The van der Waals surface area contributed by atoms with Crippen LogP contribution in [0.1, 0.15) is 31.2 Å². The Hall–Kier alpha value is -3.44. The van der Waals surface area contributed by atoms with Gasteiger partial charge in [0.25, 0.3) is 5.56 Å². The molecule has 182 valence electrons. The largest absolute Gasteiger partial charge is 0.333 e. The van der Waals surface area contributed by atoms with Crippen LogP contribution in [0.5, 0.6) is 0 Å². The van der Waals surface area contributed by atoms with E-state index < -0.39 is 18.8 Å². The standard InChI is InChI=1S/C25H27N4O5P/c1-3-14-29-24(30)22-23(28(25(29)31)15-7-8-16-35(32,33)34)26-21(27(22)4-2)17-19-12-9-11-18-10-5-6-13-20(18)19/h1,5-6,9-13H,4,7-8,14-17H2,2H3,(H2,32,33,34). The summed E-state index contributed by atoms with van der Waals surface area (Å²) in [4.78, 5) is 49.5. The van der Waals surface area contributed by atoms with Crippen LogP contribution in [0.4, 0.5) is 0 Å². The molecule has 0 spiro atoms. The first-order valence-electron chi connectivity index (χ1n) is 11.4. The fraction of sp³-hybridized carbons (Fsp3) is 0.320. The maximum absolute atomic E-state index is 13.3. The van der Waals surface area contributed by atoms with Crippen molar-refractivity contribution in [1.82, 2.24) is 18.7 Å². The van der Waals surface area contributed by atoms with Gasteiger partial charge in [-0.2, -0.15) is 0 Å². The molecule has 0 aliphatic rings. The van der Waals surface area contributed by atoms with E-state index in [0.29, 0.717) is 30.7 Å². The van der Waals surface area contributed by atoms with E-state index in [1.54, 1.807) is 0 Å². The normalized spacial score (nSPS) is 11.8. The zero-order valence-corrected chi connectivity index (χ0v) is 20.3. The van der Waals surface area contributed by atoms with Gasteiger partial charge < -0.3 is 14.4 Å². The third-order valence-electron chi connectivity index (χ3n) is 6.07. The van der Waals surface area contributed by atoms with E-state index in [9.17, 15) is 14.2 Å². The summed E-state index contributed by atoms with van der Waals surface area (Å²) in [7, 11) is -4.13. The number of benzene rings is 2. The summed E-state index contributed by atoms with van der Waals surface area (Å²) >= 11 is 0. The van der Waals surface area contributed by atoms with Crippen LogP contribution in [0.25, 0.3) is 21.9 Å². The fourth-order valence-corrected chi connectivity index (χ4v) is 5.08. The van der Waals surface area contributed by atoms with Gasteiger partial charge in [-0.3, -0.25) is 13.9 Å². The maximum atomic E-state index is 13.3. The monoisotopic (exact) mass is 494 g/mol. The van der Waals surface area contributed by atoms with Crippen molar-refractivity contribution in [2.75, 3.05) is 6.16 Å². The van der Waals surface area contributed by atoms with E-state index in [0.717, 1.165) is 20.9 Å². The van der Waals surface area contributed by atoms with Gasteiger partial charge in [0.05, 0.1) is 6.54 Å². The second-order valence-electron chi connectivity index (χ2n) is 8.38. The van der Waals surface area contributed by atoms with Crippen LogP contribution in [0, 0.1) is 12.3 Å². The van der Waals surface area contributed by atoms with E-state index >= 15 is 0 Å². The second-order valence-corrected chi connectivity index (χ2v) is 10.2. The topological polar surface area (TPSA) is 119 Å². The molecule has 0 saturated carbocycles. The fourth-order valence-electron chi connectivity index (χ4n) is 4.45. The number of aryl methyl sites for hydroxylation is 2. The Morgan fingerprint density at radius 3 is 2.49 bits per heavy atom. The Morgan fingerprint density at radius 2 is 1.77 bits per heavy atom. The summed E-state index contributed by atoms with van der Waals surface area (Å²) in [5, 5.41) is 2.19. The number of nitrogens with zero attached hydrogens (tertiary/aromatic N) is 4. The Kier molecular flexibility index (Phi) is 7.08. The molecule has 0 bridgehead atoms. The lowest BCUT2D eigenvalue weighted by atomic mass is 10.0. The summed E-state index contributed by atoms with van der Waals surface area (Å²) in [5.41, 5.74) is 0.545. The third-order valence-corrected chi connectivity index (χ3v) is 6.97. The molecule has 2 aromatic carbocycles. The SMILES string of the molecule is C#CCn1c(=O)c2c(nc(Cc3cccc4ccccc34)n2CC)n(CCCCP(=O)(O)O)c1=O. The summed E-state index contributed by atoms with van der Waals surface area (Å²) in [6, 6.07) is 14.1. The van der Waals surface area contributed by atoms with Crippen molar-refractivity contribution >= 4 is 29.5 Å². The quantitative estimate of drug-likeness (QED) is 0.210. The molecule has 9 nitrogen and oxygen atoms in total. The summed E-state index contributed by atoms with van der Waals surface area (Å²) < 4.78 is 15.4. The molecule has 0 atom stereocenters. The first-order valence-corrected chi connectivity index (χ1v) is 13.2. The molecule has 0 radical (unpaired) electrons. The minimum Gasteiger partial charge on any atom is -0.324 e. The van der Waals surface area contributed by atoms with Crippen molar-refractivity contribution in [1.29, 1.82) is 0 Å². The predicted molar refractivity (Wildman–Crippen MR) is 136 cm³/mol. The van der Waals surface area contributed by atoms with Crippen LogP contribution >= 0.6 is 7.60 Å². The van der Waals surface area contributed by atoms with E-state index in [4.69, 9.17) is 21.2 Å². The molecule has 0 amide bonds. The first kappa shape index (κ1) is 24.7. The zero-order valence-electron chi connectivity index (χ0n) is 19.4. The Bertz CT molecular complexity index is 1600. The van der Waals surface area contributed by atoms with Gasteiger partial charge in [0, 0.05) is 25.7 Å². The molecular weight excluding hydrogens is 467 g/mol. The van der Waals surface area contributed by atoms with Crippen molar-refractivity contribution < 1.29 is 14.4 Å². The Labute approximate surface area is 201 Å². The molecule has 35 heavy (non-hydrogen) atoms. The predicted octanol–water partition coefficient (Wildman–Crippen LogP) is 2.71. The van der Waals surface area contributed by atoms with E-state index in [1.807, 2.05) is 54.0 Å². The lowest BCUT2D eigenvalue weighted by Crippen LogP contribution is -2.40. The smallest absolute Gasteiger partial charge is 0.324 e. The van der Waals surface area contributed by atoms with Gasteiger partial charge in [-0.1, -0.05) is 48.4 Å². The number of fused-ring (bicyclic) bond motifs is 2. The lowest BCUT2D eigenvalue weighted by molar-refractivity contribution is 0.370. The minimum absolute atomic E-state index is 0.161. The Morgan fingerprint density at radius 1 is 1.03 bits per heavy atom. The molecule has 0 aliphatic carbocycles. The van der Waals surface area contributed by atoms with Crippen LogP contribution in [0.3, 0.4) is 0 Å². The zero-order chi connectivity index (χ0) is 25.2. The molecule has 4 rings (SSSR count). The molecule has 0 saturated heterocycles.